The van der Waals surface area contributed by atoms with Crippen LogP contribution >= 0.6 is 0 Å². The van der Waals surface area contributed by atoms with E-state index in [1.165, 1.54) is 12.1 Å². The molecule has 2 rings (SSSR count). The maximum absolute atomic E-state index is 12.9. The van der Waals surface area contributed by atoms with Crippen LogP contribution in [0.1, 0.15) is 11.1 Å². The Morgan fingerprint density at radius 1 is 1.10 bits per heavy atom. The van der Waals surface area contributed by atoms with Crippen LogP contribution in [0.25, 0.3) is 16.0 Å². The molecule has 0 N–H and O–H groups in total. The first kappa shape index (κ1) is 13.6. The van der Waals surface area contributed by atoms with Gasteiger partial charge in [0.15, 0.2) is 5.69 Å². The van der Waals surface area contributed by atoms with E-state index in [2.05, 4.69) is 4.85 Å². The van der Waals surface area contributed by atoms with Gasteiger partial charge >= 0.3 is 6.18 Å². The zero-order valence-electron chi connectivity index (χ0n) is 10.1. The molecule has 0 saturated heterocycles. The van der Waals surface area contributed by atoms with E-state index in [0.717, 1.165) is 12.1 Å². The Bertz CT molecular complexity index is 734. The number of halogens is 3. The molecule has 5 heteroatoms. The molecule has 2 aromatic carbocycles. The number of rotatable bonds is 1. The Balaban J connectivity index is 2.67. The van der Waals surface area contributed by atoms with Crippen molar-refractivity contribution in [3.63, 3.8) is 0 Å². The molecule has 0 radical (unpaired) electrons. The average molecular weight is 272 g/mol. The Kier molecular flexibility index (Phi) is 3.45. The largest absolute Gasteiger partial charge is 0.407 e. The van der Waals surface area contributed by atoms with E-state index >= 15 is 0 Å². The van der Waals surface area contributed by atoms with Crippen molar-refractivity contribution in [2.24, 2.45) is 0 Å². The van der Waals surface area contributed by atoms with E-state index < -0.39 is 17.4 Å². The molecule has 0 bridgehead atoms. The van der Waals surface area contributed by atoms with Gasteiger partial charge < -0.3 is 0 Å². The topological polar surface area (TPSA) is 28.1 Å². The summed E-state index contributed by atoms with van der Waals surface area (Å²) in [6, 6.07) is 11.8. The van der Waals surface area contributed by atoms with Crippen LogP contribution in [0.4, 0.5) is 18.9 Å². The standard InChI is InChI=1S/C15H7F3N2/c1-20-14-7-6-10(8-13(14)15(16,17)18)12-5-3-2-4-11(12)9-19/h2-8H. The minimum Gasteiger partial charge on any atom is -0.238 e. The van der Waals surface area contributed by atoms with Gasteiger partial charge in [0, 0.05) is 0 Å². The second-order valence-electron chi connectivity index (χ2n) is 4.00. The highest BCUT2D eigenvalue weighted by atomic mass is 19.4. The number of nitriles is 1. The Labute approximate surface area is 113 Å². The highest BCUT2D eigenvalue weighted by Crippen LogP contribution is 2.39. The third-order valence-corrected chi connectivity index (χ3v) is 2.78. The Morgan fingerprint density at radius 2 is 1.80 bits per heavy atom. The first-order valence-electron chi connectivity index (χ1n) is 5.55. The smallest absolute Gasteiger partial charge is 0.238 e. The summed E-state index contributed by atoms with van der Waals surface area (Å²) in [5.74, 6) is 0. The molecule has 0 aromatic heterocycles. The summed E-state index contributed by atoms with van der Waals surface area (Å²) in [4.78, 5) is 2.88. The van der Waals surface area contributed by atoms with Gasteiger partial charge in [-0.3, -0.25) is 0 Å². The van der Waals surface area contributed by atoms with Gasteiger partial charge in [-0.25, -0.2) is 4.85 Å². The van der Waals surface area contributed by atoms with Gasteiger partial charge in [0.25, 0.3) is 0 Å². The first-order chi connectivity index (χ1) is 9.47. The van der Waals surface area contributed by atoms with Gasteiger partial charge in [0.2, 0.25) is 0 Å². The highest BCUT2D eigenvalue weighted by molar-refractivity contribution is 5.74. The van der Waals surface area contributed by atoms with Crippen LogP contribution < -0.4 is 0 Å². The van der Waals surface area contributed by atoms with Crippen LogP contribution in [0.5, 0.6) is 0 Å². The quantitative estimate of drug-likeness (QED) is 0.685. The van der Waals surface area contributed by atoms with Crippen LogP contribution in [0.15, 0.2) is 42.5 Å². The summed E-state index contributed by atoms with van der Waals surface area (Å²) in [6.07, 6.45) is -4.60. The summed E-state index contributed by atoms with van der Waals surface area (Å²) < 4.78 is 38.7. The monoisotopic (exact) mass is 272 g/mol. The van der Waals surface area contributed by atoms with Crippen LogP contribution in [0.2, 0.25) is 0 Å². The molecule has 0 spiro atoms. The number of hydrogen-bond acceptors (Lipinski definition) is 1. The molecule has 0 aliphatic carbocycles. The van der Waals surface area contributed by atoms with Crippen molar-refractivity contribution in [3.05, 3.63) is 65.0 Å². The lowest BCUT2D eigenvalue weighted by Crippen LogP contribution is -2.05. The van der Waals surface area contributed by atoms with E-state index in [1.54, 1.807) is 18.2 Å². The molecule has 2 nitrogen and oxygen atoms in total. The molecule has 20 heavy (non-hydrogen) atoms. The number of benzene rings is 2. The molecule has 0 amide bonds. The molecular formula is C15H7F3N2. The van der Waals surface area contributed by atoms with Crippen molar-refractivity contribution in [2.75, 3.05) is 0 Å². The van der Waals surface area contributed by atoms with Crippen molar-refractivity contribution >= 4 is 5.69 Å². The Hall–Kier alpha value is -2.79. The Morgan fingerprint density at radius 3 is 2.40 bits per heavy atom. The molecule has 0 aliphatic heterocycles. The summed E-state index contributed by atoms with van der Waals surface area (Å²) >= 11 is 0. The average Bonchev–Trinajstić information content (AvgIpc) is 2.45. The minimum atomic E-state index is -4.60. The van der Waals surface area contributed by atoms with Crippen molar-refractivity contribution in [1.29, 1.82) is 5.26 Å². The van der Waals surface area contributed by atoms with E-state index in [1.807, 2.05) is 6.07 Å². The molecule has 0 atom stereocenters. The van der Waals surface area contributed by atoms with E-state index in [0.29, 0.717) is 5.56 Å². The van der Waals surface area contributed by atoms with Gasteiger partial charge in [-0.15, -0.1) is 0 Å². The number of alkyl halides is 3. The molecule has 0 aliphatic rings. The fourth-order valence-electron chi connectivity index (χ4n) is 1.86. The van der Waals surface area contributed by atoms with Gasteiger partial charge in [-0.1, -0.05) is 36.4 Å². The summed E-state index contributed by atoms with van der Waals surface area (Å²) in [6.45, 7) is 6.79. The summed E-state index contributed by atoms with van der Waals surface area (Å²) in [7, 11) is 0. The van der Waals surface area contributed by atoms with Crippen molar-refractivity contribution in [3.8, 4) is 17.2 Å². The van der Waals surface area contributed by atoms with E-state index in [9.17, 15) is 13.2 Å². The predicted molar refractivity (Wildman–Crippen MR) is 67.9 cm³/mol. The number of hydrogen-bond donors (Lipinski definition) is 0. The maximum Gasteiger partial charge on any atom is 0.407 e. The second-order valence-corrected chi connectivity index (χ2v) is 4.00. The van der Waals surface area contributed by atoms with Crippen molar-refractivity contribution < 1.29 is 13.2 Å². The summed E-state index contributed by atoms with van der Waals surface area (Å²) in [5, 5.41) is 8.99. The predicted octanol–water partition coefficient (Wildman–Crippen LogP) is 4.79. The second kappa shape index (κ2) is 5.07. The van der Waals surface area contributed by atoms with Gasteiger partial charge in [-0.05, 0) is 17.2 Å². The van der Waals surface area contributed by atoms with Gasteiger partial charge in [0.1, 0.15) is 0 Å². The number of nitrogens with zero attached hydrogens (tertiary/aromatic N) is 2. The molecule has 0 unspecified atom stereocenters. The van der Waals surface area contributed by atoms with Crippen LogP contribution in [-0.4, -0.2) is 0 Å². The lowest BCUT2D eigenvalue weighted by Gasteiger charge is -2.11. The van der Waals surface area contributed by atoms with Crippen LogP contribution in [-0.2, 0) is 6.18 Å². The van der Waals surface area contributed by atoms with E-state index in [-0.39, 0.29) is 11.1 Å². The minimum absolute atomic E-state index is 0.266. The molecule has 0 saturated carbocycles. The normalized spacial score (nSPS) is 10.7. The molecule has 0 heterocycles. The SMILES string of the molecule is [C-]#[N+]c1ccc(-c2ccccc2C#N)cc1C(F)(F)F. The van der Waals surface area contributed by atoms with Gasteiger partial charge in [0.05, 0.1) is 23.8 Å². The first-order valence-corrected chi connectivity index (χ1v) is 5.55. The summed E-state index contributed by atoms with van der Waals surface area (Å²) in [5.41, 5.74) is -0.469. The highest BCUT2D eigenvalue weighted by Gasteiger charge is 2.33. The van der Waals surface area contributed by atoms with Crippen molar-refractivity contribution in [2.45, 2.75) is 6.18 Å². The fraction of sp³-hybridized carbons (Fsp3) is 0.0667. The molecule has 0 fully saturated rings. The van der Waals surface area contributed by atoms with Crippen LogP contribution in [0.3, 0.4) is 0 Å². The third-order valence-electron chi connectivity index (χ3n) is 2.78. The maximum atomic E-state index is 12.9. The molecule has 2 aromatic rings. The molecular weight excluding hydrogens is 265 g/mol. The van der Waals surface area contributed by atoms with Crippen LogP contribution in [0, 0.1) is 17.9 Å². The zero-order chi connectivity index (χ0) is 14.8. The third kappa shape index (κ3) is 2.48. The van der Waals surface area contributed by atoms with E-state index in [4.69, 9.17) is 11.8 Å². The lowest BCUT2D eigenvalue weighted by molar-refractivity contribution is -0.136. The molecule has 98 valence electrons. The van der Waals surface area contributed by atoms with Crippen molar-refractivity contribution in [1.82, 2.24) is 0 Å². The fourth-order valence-corrected chi connectivity index (χ4v) is 1.86. The zero-order valence-corrected chi connectivity index (χ0v) is 10.1. The lowest BCUT2D eigenvalue weighted by atomic mass is 9.98. The van der Waals surface area contributed by atoms with Gasteiger partial charge in [-0.2, -0.15) is 18.4 Å².